The highest BCUT2D eigenvalue weighted by atomic mass is 19.1. The zero-order chi connectivity index (χ0) is 10.9. The summed E-state index contributed by atoms with van der Waals surface area (Å²) in [7, 11) is 0. The molecular weight excluding hydrogens is 193 g/mol. The summed E-state index contributed by atoms with van der Waals surface area (Å²) in [5.41, 5.74) is 6.28. The Bertz CT molecular complexity index is 344. The third kappa shape index (κ3) is 1.66. The van der Waals surface area contributed by atoms with Crippen LogP contribution < -0.4 is 5.73 Å². The molecule has 1 aromatic carbocycles. The van der Waals surface area contributed by atoms with Gasteiger partial charge >= 0.3 is 0 Å². The van der Waals surface area contributed by atoms with E-state index in [9.17, 15) is 9.50 Å². The van der Waals surface area contributed by atoms with Crippen LogP contribution in [-0.2, 0) is 0 Å². The average Bonchev–Trinajstić information content (AvgIpc) is 2.17. The molecule has 15 heavy (non-hydrogen) atoms. The molecule has 1 unspecified atom stereocenters. The van der Waals surface area contributed by atoms with Crippen molar-refractivity contribution in [1.82, 2.24) is 0 Å². The van der Waals surface area contributed by atoms with E-state index in [-0.39, 0.29) is 17.8 Å². The van der Waals surface area contributed by atoms with Gasteiger partial charge < -0.3 is 10.8 Å². The SMILES string of the molecule is NC(c1ccccc1F)C1(CO)CCC1. The van der Waals surface area contributed by atoms with E-state index in [1.807, 2.05) is 0 Å². The largest absolute Gasteiger partial charge is 0.396 e. The quantitative estimate of drug-likeness (QED) is 0.799. The number of hydrogen-bond acceptors (Lipinski definition) is 2. The summed E-state index contributed by atoms with van der Waals surface area (Å²) in [6.45, 7) is 0.0441. The standard InChI is InChI=1S/C12H16FNO/c13-10-5-2-1-4-9(10)11(14)12(8-15)6-3-7-12/h1-2,4-5,11,15H,3,6-8,14H2. The van der Waals surface area contributed by atoms with Crippen LogP contribution in [0.15, 0.2) is 24.3 Å². The number of aliphatic hydroxyl groups excluding tert-OH is 1. The Hall–Kier alpha value is -0.930. The third-order valence-corrected chi connectivity index (χ3v) is 3.56. The topological polar surface area (TPSA) is 46.2 Å². The number of halogens is 1. The Kier molecular flexibility index (Phi) is 2.76. The zero-order valence-corrected chi connectivity index (χ0v) is 8.62. The Labute approximate surface area is 88.9 Å². The zero-order valence-electron chi connectivity index (χ0n) is 8.62. The molecule has 1 fully saturated rings. The normalized spacial score (nSPS) is 20.7. The van der Waals surface area contributed by atoms with Crippen LogP contribution in [0.2, 0.25) is 0 Å². The fourth-order valence-corrected chi connectivity index (χ4v) is 2.26. The molecule has 0 heterocycles. The number of aliphatic hydroxyl groups is 1. The molecule has 2 rings (SSSR count). The maximum Gasteiger partial charge on any atom is 0.127 e. The van der Waals surface area contributed by atoms with E-state index in [4.69, 9.17) is 5.73 Å². The molecule has 82 valence electrons. The van der Waals surface area contributed by atoms with Crippen molar-refractivity contribution in [2.24, 2.45) is 11.1 Å². The molecule has 1 aliphatic carbocycles. The average molecular weight is 209 g/mol. The molecule has 1 saturated carbocycles. The van der Waals surface area contributed by atoms with Gasteiger partial charge in [0.2, 0.25) is 0 Å². The molecule has 1 aliphatic rings. The fourth-order valence-electron chi connectivity index (χ4n) is 2.26. The Balaban J connectivity index is 2.27. The van der Waals surface area contributed by atoms with E-state index in [0.29, 0.717) is 5.56 Å². The van der Waals surface area contributed by atoms with Crippen LogP contribution in [0.3, 0.4) is 0 Å². The van der Waals surface area contributed by atoms with Crippen LogP contribution in [0.4, 0.5) is 4.39 Å². The van der Waals surface area contributed by atoms with E-state index >= 15 is 0 Å². The predicted molar refractivity (Wildman–Crippen MR) is 56.7 cm³/mol. The first-order chi connectivity index (χ1) is 7.19. The summed E-state index contributed by atoms with van der Waals surface area (Å²) >= 11 is 0. The van der Waals surface area contributed by atoms with Gasteiger partial charge in [0.25, 0.3) is 0 Å². The summed E-state index contributed by atoms with van der Waals surface area (Å²) < 4.78 is 13.5. The first-order valence-electron chi connectivity index (χ1n) is 5.30. The molecule has 0 saturated heterocycles. The fraction of sp³-hybridized carbons (Fsp3) is 0.500. The summed E-state index contributed by atoms with van der Waals surface area (Å²) in [4.78, 5) is 0. The molecule has 1 aromatic rings. The monoisotopic (exact) mass is 209 g/mol. The Morgan fingerprint density at radius 3 is 2.53 bits per heavy atom. The highest BCUT2D eigenvalue weighted by Gasteiger charge is 2.43. The molecule has 0 spiro atoms. The van der Waals surface area contributed by atoms with Gasteiger partial charge in [-0.15, -0.1) is 0 Å². The smallest absolute Gasteiger partial charge is 0.127 e. The lowest BCUT2D eigenvalue weighted by Crippen LogP contribution is -2.43. The molecule has 3 heteroatoms. The molecule has 0 aliphatic heterocycles. The maximum atomic E-state index is 13.5. The van der Waals surface area contributed by atoms with Crippen LogP contribution in [-0.4, -0.2) is 11.7 Å². The van der Waals surface area contributed by atoms with Gasteiger partial charge in [-0.25, -0.2) is 4.39 Å². The van der Waals surface area contributed by atoms with Gasteiger partial charge in [-0.05, 0) is 18.9 Å². The maximum absolute atomic E-state index is 13.5. The number of rotatable bonds is 3. The van der Waals surface area contributed by atoms with Gasteiger partial charge in [0, 0.05) is 17.0 Å². The second kappa shape index (κ2) is 3.91. The minimum atomic E-state index is -0.391. The van der Waals surface area contributed by atoms with Crippen molar-refractivity contribution in [3.63, 3.8) is 0 Å². The van der Waals surface area contributed by atoms with Crippen molar-refractivity contribution in [3.05, 3.63) is 35.6 Å². The van der Waals surface area contributed by atoms with Gasteiger partial charge in [-0.3, -0.25) is 0 Å². The first kappa shape index (κ1) is 10.6. The van der Waals surface area contributed by atoms with E-state index in [2.05, 4.69) is 0 Å². The van der Waals surface area contributed by atoms with Gasteiger partial charge in [0.05, 0.1) is 6.61 Å². The highest BCUT2D eigenvalue weighted by molar-refractivity contribution is 5.24. The van der Waals surface area contributed by atoms with Crippen molar-refractivity contribution in [2.75, 3.05) is 6.61 Å². The van der Waals surface area contributed by atoms with Gasteiger partial charge in [0.15, 0.2) is 0 Å². The predicted octanol–water partition coefficient (Wildman–Crippen LogP) is 1.99. The van der Waals surface area contributed by atoms with E-state index in [1.165, 1.54) is 6.07 Å². The molecule has 0 aromatic heterocycles. The molecule has 1 atom stereocenters. The molecule has 0 radical (unpaired) electrons. The van der Waals surface area contributed by atoms with Crippen molar-refractivity contribution in [1.29, 1.82) is 0 Å². The molecule has 2 nitrogen and oxygen atoms in total. The van der Waals surface area contributed by atoms with Crippen LogP contribution in [0, 0.1) is 11.2 Å². The highest BCUT2D eigenvalue weighted by Crippen LogP contribution is 2.48. The minimum Gasteiger partial charge on any atom is -0.396 e. The van der Waals surface area contributed by atoms with Crippen molar-refractivity contribution >= 4 is 0 Å². The number of hydrogen-bond donors (Lipinski definition) is 2. The molecule has 3 N–H and O–H groups in total. The van der Waals surface area contributed by atoms with Crippen molar-refractivity contribution in [3.8, 4) is 0 Å². The van der Waals surface area contributed by atoms with Crippen LogP contribution in [0.5, 0.6) is 0 Å². The summed E-state index contributed by atoms with van der Waals surface area (Å²) in [6, 6.07) is 6.16. The number of benzene rings is 1. The van der Waals surface area contributed by atoms with Gasteiger partial charge in [-0.1, -0.05) is 24.6 Å². The van der Waals surface area contributed by atoms with Gasteiger partial charge in [0.1, 0.15) is 5.82 Å². The lowest BCUT2D eigenvalue weighted by Gasteiger charge is -2.45. The Morgan fingerprint density at radius 1 is 1.40 bits per heavy atom. The van der Waals surface area contributed by atoms with Crippen LogP contribution in [0.1, 0.15) is 30.9 Å². The number of nitrogens with two attached hydrogens (primary N) is 1. The van der Waals surface area contributed by atoms with Crippen molar-refractivity contribution in [2.45, 2.75) is 25.3 Å². The second-order valence-corrected chi connectivity index (χ2v) is 4.37. The Morgan fingerprint density at radius 2 is 2.07 bits per heavy atom. The molecule has 0 amide bonds. The van der Waals surface area contributed by atoms with Crippen LogP contribution in [0.25, 0.3) is 0 Å². The van der Waals surface area contributed by atoms with E-state index in [0.717, 1.165) is 19.3 Å². The van der Waals surface area contributed by atoms with Gasteiger partial charge in [-0.2, -0.15) is 0 Å². The lowest BCUT2D eigenvalue weighted by atomic mass is 9.63. The molecular formula is C12H16FNO. The van der Waals surface area contributed by atoms with E-state index in [1.54, 1.807) is 18.2 Å². The summed E-state index contributed by atoms with van der Waals surface area (Å²) in [5, 5.41) is 9.36. The first-order valence-corrected chi connectivity index (χ1v) is 5.30. The lowest BCUT2D eigenvalue weighted by molar-refractivity contribution is 0.0174. The van der Waals surface area contributed by atoms with Crippen molar-refractivity contribution < 1.29 is 9.50 Å². The summed E-state index contributed by atoms with van der Waals surface area (Å²) in [5.74, 6) is -0.273. The molecule has 0 bridgehead atoms. The van der Waals surface area contributed by atoms with Crippen LogP contribution >= 0.6 is 0 Å². The summed E-state index contributed by atoms with van der Waals surface area (Å²) in [6.07, 6.45) is 2.85. The minimum absolute atomic E-state index is 0.0441. The third-order valence-electron chi connectivity index (χ3n) is 3.56. The second-order valence-electron chi connectivity index (χ2n) is 4.37. The van der Waals surface area contributed by atoms with E-state index < -0.39 is 6.04 Å².